The van der Waals surface area contributed by atoms with Gasteiger partial charge in [-0.05, 0) is 37.8 Å². The first-order valence-electron chi connectivity index (χ1n) is 9.96. The molecule has 0 bridgehead atoms. The van der Waals surface area contributed by atoms with Crippen LogP contribution in [0.5, 0.6) is 5.75 Å². The Morgan fingerprint density at radius 2 is 2.10 bits per heavy atom. The molecule has 3 N–H and O–H groups in total. The fourth-order valence-electron chi connectivity index (χ4n) is 3.06. The second-order valence-corrected chi connectivity index (χ2v) is 6.94. The Hall–Kier alpha value is -2.87. The van der Waals surface area contributed by atoms with Crippen molar-refractivity contribution in [3.05, 3.63) is 53.7 Å². The summed E-state index contributed by atoms with van der Waals surface area (Å²) < 4.78 is 20.3. The lowest BCUT2D eigenvalue weighted by Crippen LogP contribution is -2.46. The van der Waals surface area contributed by atoms with E-state index in [-0.39, 0.29) is 12.1 Å². The number of halogens is 1. The van der Waals surface area contributed by atoms with Gasteiger partial charge < -0.3 is 15.5 Å². The third-order valence-corrected chi connectivity index (χ3v) is 4.89. The molecule has 0 radical (unpaired) electrons. The van der Waals surface area contributed by atoms with Gasteiger partial charge in [0.1, 0.15) is 17.7 Å². The second-order valence-electron chi connectivity index (χ2n) is 6.94. The summed E-state index contributed by atoms with van der Waals surface area (Å²) in [4.78, 5) is 12.6. The number of benzene rings is 1. The number of aromatic nitrogens is 2. The molecule has 2 unspecified atom stereocenters. The van der Waals surface area contributed by atoms with E-state index in [2.05, 4.69) is 21.3 Å². The van der Waals surface area contributed by atoms with Crippen molar-refractivity contribution in [1.29, 1.82) is 0 Å². The van der Waals surface area contributed by atoms with Crippen LogP contribution in [0.25, 0.3) is 5.69 Å². The van der Waals surface area contributed by atoms with E-state index in [1.165, 1.54) is 36.8 Å². The molecule has 2 aromatic rings. The first-order chi connectivity index (χ1) is 14.0. The lowest BCUT2D eigenvalue weighted by atomic mass is 10.0. The van der Waals surface area contributed by atoms with Crippen molar-refractivity contribution in [3.63, 3.8) is 0 Å². The fourth-order valence-corrected chi connectivity index (χ4v) is 3.06. The number of hydrogen-bond acceptors (Lipinski definition) is 5. The number of allylic oxidation sites excluding steroid dienone is 1. The Morgan fingerprint density at radius 3 is 2.79 bits per heavy atom. The van der Waals surface area contributed by atoms with Gasteiger partial charge in [-0.2, -0.15) is 5.10 Å². The molecule has 1 aliphatic heterocycles. The molecule has 0 saturated heterocycles. The minimum atomic E-state index is -0.412. The Balaban J connectivity index is 0.00000117. The molecule has 2 atom stereocenters. The molecule has 1 saturated carbocycles. The van der Waals surface area contributed by atoms with Gasteiger partial charge in [-0.15, -0.1) is 0 Å². The summed E-state index contributed by atoms with van der Waals surface area (Å²) in [6.45, 7) is 5.82. The molecule has 8 heteroatoms. The number of carbonyl (C=O) groups excluding carboxylic acids is 1. The summed E-state index contributed by atoms with van der Waals surface area (Å²) in [5.41, 5.74) is 8.62. The number of rotatable bonds is 6. The highest BCUT2D eigenvalue weighted by Crippen LogP contribution is 2.35. The van der Waals surface area contributed by atoms with Crippen LogP contribution in [0.1, 0.15) is 45.1 Å². The third-order valence-electron chi connectivity index (χ3n) is 4.89. The number of methoxy groups -OCH3 is 1. The minimum absolute atomic E-state index is 0.112. The number of carbonyl (C=O) groups is 1. The molecule has 156 valence electrons. The first-order valence-corrected chi connectivity index (χ1v) is 9.96. The highest BCUT2D eigenvalue weighted by atomic mass is 19.1. The van der Waals surface area contributed by atoms with Crippen LogP contribution in [0.4, 0.5) is 4.39 Å². The van der Waals surface area contributed by atoms with Crippen LogP contribution in [0.3, 0.4) is 0 Å². The Kier molecular flexibility index (Phi) is 6.53. The number of ether oxygens (including phenoxy) is 1. The normalized spacial score (nSPS) is 18.8. The van der Waals surface area contributed by atoms with Gasteiger partial charge in [-0.25, -0.2) is 14.5 Å². The van der Waals surface area contributed by atoms with E-state index in [4.69, 9.17) is 4.74 Å². The number of nitrogens with zero attached hydrogens (tertiary/aromatic N) is 2. The standard InChI is InChI=1S/C19H22FN5O2.C2H6/c1-11(19(26)22-18-8-17(23-24-18)12-3-4-12)13-9-21-25(10-13)15-5-14(20)6-16(7-15)27-2;1-2/h5-12,18,23-24H,3-4H2,1-2H3,(H,22,26);1-2H3. The van der Waals surface area contributed by atoms with Gasteiger partial charge in [0, 0.05) is 29.6 Å². The van der Waals surface area contributed by atoms with Gasteiger partial charge in [0.05, 0.1) is 24.9 Å². The maximum Gasteiger partial charge on any atom is 0.228 e. The van der Waals surface area contributed by atoms with Crippen molar-refractivity contribution in [3.8, 4) is 11.4 Å². The molecular weight excluding hydrogens is 373 g/mol. The third kappa shape index (κ3) is 4.95. The summed E-state index contributed by atoms with van der Waals surface area (Å²) in [5.74, 6) is 0.0859. The molecule has 2 heterocycles. The summed E-state index contributed by atoms with van der Waals surface area (Å²) in [7, 11) is 1.48. The molecule has 1 fully saturated rings. The molecule has 29 heavy (non-hydrogen) atoms. The van der Waals surface area contributed by atoms with E-state index in [1.807, 2.05) is 26.8 Å². The number of nitrogens with one attached hydrogen (secondary N) is 3. The summed E-state index contributed by atoms with van der Waals surface area (Å²) >= 11 is 0. The number of amides is 1. The van der Waals surface area contributed by atoms with Crippen molar-refractivity contribution in [2.24, 2.45) is 5.92 Å². The SMILES string of the molecule is CC.COc1cc(F)cc(-n2cc(C(C)C(=O)NC3C=C(C4CC4)NN3)cn2)c1. The topological polar surface area (TPSA) is 80.2 Å². The van der Waals surface area contributed by atoms with Crippen LogP contribution in [-0.2, 0) is 4.79 Å². The Morgan fingerprint density at radius 1 is 1.34 bits per heavy atom. The van der Waals surface area contributed by atoms with Crippen molar-refractivity contribution < 1.29 is 13.9 Å². The Labute approximate surface area is 170 Å². The van der Waals surface area contributed by atoms with E-state index in [0.29, 0.717) is 17.4 Å². The quantitative estimate of drug-likeness (QED) is 0.693. The largest absolute Gasteiger partial charge is 0.497 e. The lowest BCUT2D eigenvalue weighted by molar-refractivity contribution is -0.122. The predicted molar refractivity (Wildman–Crippen MR) is 109 cm³/mol. The smallest absolute Gasteiger partial charge is 0.228 e. The predicted octanol–water partition coefficient (Wildman–Crippen LogP) is 2.99. The van der Waals surface area contributed by atoms with Crippen molar-refractivity contribution in [1.82, 2.24) is 25.9 Å². The van der Waals surface area contributed by atoms with E-state index in [0.717, 1.165) is 11.3 Å². The average Bonchev–Trinajstić information content (AvgIpc) is 3.27. The molecule has 7 nitrogen and oxygen atoms in total. The highest BCUT2D eigenvalue weighted by Gasteiger charge is 2.30. The minimum Gasteiger partial charge on any atom is -0.497 e. The monoisotopic (exact) mass is 401 g/mol. The second kappa shape index (κ2) is 9.09. The van der Waals surface area contributed by atoms with Crippen LogP contribution >= 0.6 is 0 Å². The summed E-state index contributed by atoms with van der Waals surface area (Å²) in [6.07, 6.45) is 7.53. The zero-order chi connectivity index (χ0) is 21.0. The molecular formula is C21H28FN5O2. The van der Waals surface area contributed by atoms with E-state index < -0.39 is 11.7 Å². The first kappa shape index (κ1) is 20.9. The molecule has 4 rings (SSSR count). The molecule has 1 amide bonds. The number of hydrogen-bond donors (Lipinski definition) is 3. The molecule has 2 aliphatic rings. The van der Waals surface area contributed by atoms with Crippen LogP contribution in [0.2, 0.25) is 0 Å². The molecule has 1 aromatic heterocycles. The zero-order valence-electron chi connectivity index (χ0n) is 17.2. The average molecular weight is 401 g/mol. The maximum absolute atomic E-state index is 13.7. The molecule has 1 aliphatic carbocycles. The van der Waals surface area contributed by atoms with E-state index >= 15 is 0 Å². The van der Waals surface area contributed by atoms with Crippen molar-refractivity contribution in [2.45, 2.75) is 45.7 Å². The van der Waals surface area contributed by atoms with Crippen LogP contribution in [0, 0.1) is 11.7 Å². The highest BCUT2D eigenvalue weighted by molar-refractivity contribution is 5.83. The zero-order valence-corrected chi connectivity index (χ0v) is 17.2. The van der Waals surface area contributed by atoms with Gasteiger partial charge in [0.15, 0.2) is 0 Å². The van der Waals surface area contributed by atoms with Gasteiger partial charge >= 0.3 is 0 Å². The number of hydrazine groups is 1. The van der Waals surface area contributed by atoms with Gasteiger partial charge in [0.25, 0.3) is 0 Å². The van der Waals surface area contributed by atoms with Gasteiger partial charge in [-0.1, -0.05) is 13.8 Å². The summed E-state index contributed by atoms with van der Waals surface area (Å²) in [5, 5.41) is 7.22. The lowest BCUT2D eigenvalue weighted by Gasteiger charge is -2.15. The van der Waals surface area contributed by atoms with Crippen molar-refractivity contribution in [2.75, 3.05) is 7.11 Å². The van der Waals surface area contributed by atoms with Crippen LogP contribution in [0.15, 0.2) is 42.4 Å². The van der Waals surface area contributed by atoms with Gasteiger partial charge in [-0.3, -0.25) is 4.79 Å². The molecule has 0 spiro atoms. The van der Waals surface area contributed by atoms with Crippen LogP contribution < -0.4 is 20.9 Å². The fraction of sp³-hybridized carbons (Fsp3) is 0.429. The van der Waals surface area contributed by atoms with E-state index in [1.54, 1.807) is 18.5 Å². The van der Waals surface area contributed by atoms with Gasteiger partial charge in [0.2, 0.25) is 5.91 Å². The van der Waals surface area contributed by atoms with Crippen molar-refractivity contribution >= 4 is 5.91 Å². The molecule has 1 aromatic carbocycles. The maximum atomic E-state index is 13.7. The van der Waals surface area contributed by atoms with Crippen LogP contribution in [-0.4, -0.2) is 29.0 Å². The Bertz CT molecular complexity index is 891. The summed E-state index contributed by atoms with van der Waals surface area (Å²) in [6, 6.07) is 4.35. The van der Waals surface area contributed by atoms with E-state index in [9.17, 15) is 9.18 Å².